The largest absolute Gasteiger partial charge is 0.462 e. The van der Waals surface area contributed by atoms with Crippen LogP contribution in [0.1, 0.15) is 13.3 Å². The van der Waals surface area contributed by atoms with Crippen LogP contribution in [0.25, 0.3) is 11.0 Å². The fourth-order valence-corrected chi connectivity index (χ4v) is 2.20. The second kappa shape index (κ2) is 5.23. The highest BCUT2D eigenvalue weighted by molar-refractivity contribution is 5.90. The third-order valence-electron chi connectivity index (χ3n) is 3.12. The quantitative estimate of drug-likeness (QED) is 0.862. The van der Waals surface area contributed by atoms with Gasteiger partial charge in [0.1, 0.15) is 11.8 Å². The second-order valence-electron chi connectivity index (χ2n) is 4.68. The number of hydrogen-bond donors (Lipinski definition) is 1. The number of furan rings is 1. The van der Waals surface area contributed by atoms with Crippen molar-refractivity contribution in [2.45, 2.75) is 13.3 Å². The minimum absolute atomic E-state index is 0.596. The number of nitrogens with zero attached hydrogens (tertiary/aromatic N) is 1. The van der Waals surface area contributed by atoms with Gasteiger partial charge in [-0.25, -0.2) is 0 Å². The van der Waals surface area contributed by atoms with Crippen molar-refractivity contribution in [1.29, 1.82) is 0 Å². The molecule has 1 aromatic carbocycles. The molecular formula is C14H20N2O. The molecule has 0 saturated carbocycles. The Hall–Kier alpha value is -1.48. The summed E-state index contributed by atoms with van der Waals surface area (Å²) in [5, 5.41) is 1.18. The maximum atomic E-state index is 5.58. The summed E-state index contributed by atoms with van der Waals surface area (Å²) >= 11 is 0. The molecule has 0 radical (unpaired) electrons. The molecule has 0 aliphatic carbocycles. The van der Waals surface area contributed by atoms with E-state index in [2.05, 4.69) is 24.9 Å². The van der Waals surface area contributed by atoms with Crippen LogP contribution in [0.2, 0.25) is 0 Å². The number of fused-ring (bicyclic) bond motifs is 1. The second-order valence-corrected chi connectivity index (χ2v) is 4.68. The molecule has 0 fully saturated rings. The van der Waals surface area contributed by atoms with Crippen LogP contribution in [0.4, 0.5) is 5.69 Å². The molecule has 0 aliphatic rings. The average Bonchev–Trinajstić information content (AvgIpc) is 2.72. The van der Waals surface area contributed by atoms with Gasteiger partial charge in [-0.05, 0) is 31.0 Å². The fraction of sp³-hybridized carbons (Fsp3) is 0.429. The molecule has 17 heavy (non-hydrogen) atoms. The summed E-state index contributed by atoms with van der Waals surface area (Å²) in [6.45, 7) is 3.98. The van der Waals surface area contributed by atoms with E-state index in [1.165, 1.54) is 5.39 Å². The Balaban J connectivity index is 2.16. The van der Waals surface area contributed by atoms with Crippen molar-refractivity contribution >= 4 is 16.7 Å². The molecule has 0 amide bonds. The van der Waals surface area contributed by atoms with Crippen LogP contribution in [0.3, 0.4) is 0 Å². The first kappa shape index (κ1) is 12.0. The van der Waals surface area contributed by atoms with Crippen LogP contribution < -0.4 is 10.6 Å². The molecule has 0 spiro atoms. The highest BCUT2D eigenvalue weighted by Gasteiger charge is 2.11. The first-order valence-electron chi connectivity index (χ1n) is 6.09. The zero-order valence-electron chi connectivity index (χ0n) is 10.5. The molecule has 2 aromatic rings. The van der Waals surface area contributed by atoms with E-state index in [1.54, 1.807) is 0 Å². The summed E-state index contributed by atoms with van der Waals surface area (Å²) in [6, 6.07) is 8.12. The molecule has 0 aliphatic heterocycles. The van der Waals surface area contributed by atoms with E-state index in [-0.39, 0.29) is 0 Å². The molecule has 0 bridgehead atoms. The minimum atomic E-state index is 0.596. The van der Waals surface area contributed by atoms with Crippen LogP contribution >= 0.6 is 0 Å². The van der Waals surface area contributed by atoms with Crippen molar-refractivity contribution in [1.82, 2.24) is 0 Å². The molecule has 3 nitrogen and oxygen atoms in total. The van der Waals surface area contributed by atoms with Crippen LogP contribution in [0.5, 0.6) is 0 Å². The van der Waals surface area contributed by atoms with E-state index >= 15 is 0 Å². The lowest BCUT2D eigenvalue weighted by atomic mass is 10.1. The molecule has 1 unspecified atom stereocenters. The third-order valence-corrected chi connectivity index (χ3v) is 3.12. The van der Waals surface area contributed by atoms with E-state index in [0.717, 1.165) is 30.8 Å². The first-order chi connectivity index (χ1) is 8.22. The predicted molar refractivity (Wildman–Crippen MR) is 72.3 cm³/mol. The maximum Gasteiger partial charge on any atom is 0.136 e. The highest BCUT2D eigenvalue weighted by atomic mass is 16.3. The van der Waals surface area contributed by atoms with Gasteiger partial charge < -0.3 is 15.1 Å². The minimum Gasteiger partial charge on any atom is -0.462 e. The van der Waals surface area contributed by atoms with Crippen LogP contribution in [0.15, 0.2) is 34.9 Å². The van der Waals surface area contributed by atoms with Crippen LogP contribution in [-0.4, -0.2) is 20.1 Å². The lowest BCUT2D eigenvalue weighted by Gasteiger charge is -2.21. The van der Waals surface area contributed by atoms with Gasteiger partial charge in [-0.15, -0.1) is 0 Å². The number of anilines is 1. The zero-order chi connectivity index (χ0) is 12.3. The van der Waals surface area contributed by atoms with Gasteiger partial charge in [0.15, 0.2) is 0 Å². The van der Waals surface area contributed by atoms with Gasteiger partial charge in [0, 0.05) is 19.0 Å². The summed E-state index contributed by atoms with van der Waals surface area (Å²) in [5.74, 6) is 0.596. The van der Waals surface area contributed by atoms with E-state index in [0.29, 0.717) is 5.92 Å². The molecule has 1 heterocycles. The summed E-state index contributed by atoms with van der Waals surface area (Å²) < 4.78 is 5.55. The van der Waals surface area contributed by atoms with Crippen LogP contribution in [0, 0.1) is 5.92 Å². The molecule has 3 heteroatoms. The standard InChI is InChI=1S/C14H20N2O/c1-11(7-8-15)9-16(2)13-10-17-14-6-4-3-5-12(13)14/h3-6,10-11H,7-9,15H2,1-2H3. The molecule has 1 aromatic heterocycles. The Morgan fingerprint density at radius 3 is 2.88 bits per heavy atom. The van der Waals surface area contributed by atoms with E-state index < -0.39 is 0 Å². The molecule has 92 valence electrons. The van der Waals surface area contributed by atoms with E-state index in [9.17, 15) is 0 Å². The molecule has 2 N–H and O–H groups in total. The number of rotatable bonds is 5. The highest BCUT2D eigenvalue weighted by Crippen LogP contribution is 2.28. The van der Waals surface area contributed by atoms with Crippen molar-refractivity contribution in [2.24, 2.45) is 11.7 Å². The first-order valence-corrected chi connectivity index (χ1v) is 6.09. The van der Waals surface area contributed by atoms with Crippen molar-refractivity contribution in [3.8, 4) is 0 Å². The molecule has 0 saturated heterocycles. The monoisotopic (exact) mass is 232 g/mol. The van der Waals surface area contributed by atoms with Crippen molar-refractivity contribution in [3.63, 3.8) is 0 Å². The summed E-state index contributed by atoms with van der Waals surface area (Å²) in [6.07, 6.45) is 2.89. The Kier molecular flexibility index (Phi) is 3.69. The Labute approximate surface area is 102 Å². The van der Waals surface area contributed by atoms with Gasteiger partial charge in [-0.1, -0.05) is 19.1 Å². The number of hydrogen-bond acceptors (Lipinski definition) is 3. The maximum absolute atomic E-state index is 5.58. The lowest BCUT2D eigenvalue weighted by molar-refractivity contribution is 0.537. The molecule has 1 atom stereocenters. The van der Waals surface area contributed by atoms with E-state index in [1.807, 2.05) is 24.5 Å². The smallest absolute Gasteiger partial charge is 0.136 e. The van der Waals surface area contributed by atoms with Crippen molar-refractivity contribution in [2.75, 3.05) is 25.0 Å². The predicted octanol–water partition coefficient (Wildman–Crippen LogP) is 2.85. The lowest BCUT2D eigenvalue weighted by Crippen LogP contribution is -2.25. The van der Waals surface area contributed by atoms with Crippen molar-refractivity contribution in [3.05, 3.63) is 30.5 Å². The number of nitrogens with two attached hydrogens (primary N) is 1. The Bertz CT molecular complexity index is 478. The normalized spacial score (nSPS) is 12.9. The van der Waals surface area contributed by atoms with Gasteiger partial charge in [0.25, 0.3) is 0 Å². The van der Waals surface area contributed by atoms with Gasteiger partial charge >= 0.3 is 0 Å². The summed E-state index contributed by atoms with van der Waals surface area (Å²) in [4.78, 5) is 2.24. The zero-order valence-corrected chi connectivity index (χ0v) is 10.5. The van der Waals surface area contributed by atoms with Gasteiger partial charge in [-0.3, -0.25) is 0 Å². The molecule has 2 rings (SSSR count). The van der Waals surface area contributed by atoms with Crippen LogP contribution in [-0.2, 0) is 0 Å². The van der Waals surface area contributed by atoms with Crippen molar-refractivity contribution < 1.29 is 4.42 Å². The van der Waals surface area contributed by atoms with Gasteiger partial charge in [0.2, 0.25) is 0 Å². The van der Waals surface area contributed by atoms with E-state index in [4.69, 9.17) is 10.2 Å². The average molecular weight is 232 g/mol. The summed E-state index contributed by atoms with van der Waals surface area (Å²) in [7, 11) is 2.10. The Morgan fingerprint density at radius 2 is 2.12 bits per heavy atom. The summed E-state index contributed by atoms with van der Waals surface area (Å²) in [5.41, 5.74) is 7.68. The van der Waals surface area contributed by atoms with Gasteiger partial charge in [0.05, 0.1) is 5.69 Å². The molecular weight excluding hydrogens is 212 g/mol. The van der Waals surface area contributed by atoms with Gasteiger partial charge in [-0.2, -0.15) is 0 Å². The number of benzene rings is 1. The Morgan fingerprint density at radius 1 is 1.35 bits per heavy atom. The fourth-order valence-electron chi connectivity index (χ4n) is 2.20. The number of para-hydroxylation sites is 1. The SMILES string of the molecule is CC(CCN)CN(C)c1coc2ccccc12. The topological polar surface area (TPSA) is 42.4 Å². The third kappa shape index (κ3) is 2.61.